The lowest BCUT2D eigenvalue weighted by Gasteiger charge is -2.18. The number of rotatable bonds is 40. The summed E-state index contributed by atoms with van der Waals surface area (Å²) in [5.41, 5.74) is 0. The van der Waals surface area contributed by atoms with Crippen molar-refractivity contribution in [2.24, 2.45) is 0 Å². The maximum atomic E-state index is 12.4. The zero-order valence-electron chi connectivity index (χ0n) is 35.5. The molecule has 0 aromatic rings. The molecule has 0 aliphatic heterocycles. The van der Waals surface area contributed by atoms with Gasteiger partial charge in [-0.15, -0.1) is 0 Å². The topological polar surface area (TPSA) is 119 Å². The van der Waals surface area contributed by atoms with E-state index in [-0.39, 0.29) is 19.4 Å². The van der Waals surface area contributed by atoms with Gasteiger partial charge in [0.25, 0.3) is 0 Å². The Balaban J connectivity index is 3.97. The summed E-state index contributed by atoms with van der Waals surface area (Å²) in [6.45, 7) is 3.54. The highest BCUT2D eigenvalue weighted by Crippen LogP contribution is 2.36. The Morgan fingerprint density at radius 2 is 0.857 bits per heavy atom. The Hall–Kier alpha value is -2.51. The Morgan fingerprint density at radius 1 is 0.482 bits per heavy atom. The maximum Gasteiger partial charge on any atom is 0.469 e. The molecule has 0 radical (unpaired) electrons. The average Bonchev–Trinajstić information content (AvgIpc) is 3.17. The van der Waals surface area contributed by atoms with Crippen LogP contribution >= 0.6 is 7.82 Å². The van der Waals surface area contributed by atoms with Crippen LogP contribution in [-0.2, 0) is 28.2 Å². The van der Waals surface area contributed by atoms with Gasteiger partial charge in [0.15, 0.2) is 6.10 Å². The fourth-order valence-electron chi connectivity index (χ4n) is 5.92. The Kier molecular flexibility index (Phi) is 40.2. The number of ether oxygens (including phenoxy) is 2. The van der Waals surface area contributed by atoms with Crippen LogP contribution in [0.2, 0.25) is 0 Å². The summed E-state index contributed by atoms with van der Waals surface area (Å²) in [7, 11) is -4.77. The van der Waals surface area contributed by atoms with Gasteiger partial charge in [0.2, 0.25) is 0 Å². The standard InChI is InChI=1S/C47H81O8P/c1-3-5-7-9-11-13-15-17-19-21-23-25-27-29-31-33-35-37-39-41-46(48)53-43-45(44-54-56(50,51)52)55-47(49)42-40-38-36-34-32-30-28-26-24-22-20-18-16-14-12-10-8-6-4-2/h6,8,12,14,17-20,24,26,30,32,45H,3-5,7,9-11,13,15-16,21-23,25,27-29,31,33-44H2,1-2H3,(H2,50,51,52)/b8-6-,14-12-,19-17-,20-18-,26-24-,32-30-. The molecule has 0 amide bonds. The molecule has 322 valence electrons. The zero-order chi connectivity index (χ0) is 41.1. The monoisotopic (exact) mass is 805 g/mol. The summed E-state index contributed by atoms with van der Waals surface area (Å²) in [6, 6.07) is 0. The first-order valence-corrected chi connectivity index (χ1v) is 23.8. The number of esters is 2. The molecule has 0 bridgehead atoms. The molecule has 0 rings (SSSR count). The average molecular weight is 805 g/mol. The first-order valence-electron chi connectivity index (χ1n) is 22.2. The predicted octanol–water partition coefficient (Wildman–Crippen LogP) is 13.9. The smallest absolute Gasteiger partial charge is 0.462 e. The van der Waals surface area contributed by atoms with Crippen LogP contribution in [-0.4, -0.2) is 41.0 Å². The van der Waals surface area contributed by atoms with E-state index in [4.69, 9.17) is 19.3 Å². The summed E-state index contributed by atoms with van der Waals surface area (Å²) in [6.07, 6.45) is 54.8. The highest BCUT2D eigenvalue weighted by Gasteiger charge is 2.22. The minimum Gasteiger partial charge on any atom is -0.462 e. The van der Waals surface area contributed by atoms with Gasteiger partial charge in [0.05, 0.1) is 6.61 Å². The lowest BCUT2D eigenvalue weighted by Crippen LogP contribution is -2.29. The van der Waals surface area contributed by atoms with Crippen molar-refractivity contribution in [3.8, 4) is 0 Å². The highest BCUT2D eigenvalue weighted by molar-refractivity contribution is 7.46. The van der Waals surface area contributed by atoms with Gasteiger partial charge in [0.1, 0.15) is 6.61 Å². The predicted molar refractivity (Wildman–Crippen MR) is 234 cm³/mol. The number of allylic oxidation sites excluding steroid dienone is 12. The van der Waals surface area contributed by atoms with E-state index in [2.05, 4.69) is 91.3 Å². The van der Waals surface area contributed by atoms with Crippen molar-refractivity contribution in [3.63, 3.8) is 0 Å². The fraction of sp³-hybridized carbons (Fsp3) is 0.702. The van der Waals surface area contributed by atoms with Gasteiger partial charge < -0.3 is 19.3 Å². The molecular weight excluding hydrogens is 723 g/mol. The van der Waals surface area contributed by atoms with E-state index in [1.54, 1.807) is 0 Å². The van der Waals surface area contributed by atoms with Crippen LogP contribution in [0, 0.1) is 0 Å². The van der Waals surface area contributed by atoms with Gasteiger partial charge in [-0.2, -0.15) is 0 Å². The van der Waals surface area contributed by atoms with E-state index in [1.165, 1.54) is 83.5 Å². The SMILES string of the molecule is CC/C=C\C/C=C\C/C=C\C/C=C\C/C=C\CCCCCC(=O)OC(COC(=O)CCCCCCCCCCC/C=C\CCCCCCCC)COP(=O)(O)O. The summed E-state index contributed by atoms with van der Waals surface area (Å²) in [4.78, 5) is 42.9. The molecule has 8 nitrogen and oxygen atoms in total. The number of carbonyl (C=O) groups excluding carboxylic acids is 2. The second-order valence-corrected chi connectivity index (χ2v) is 15.9. The van der Waals surface area contributed by atoms with Crippen LogP contribution < -0.4 is 0 Å². The number of carbonyl (C=O) groups is 2. The molecule has 0 aromatic heterocycles. The number of phosphoric ester groups is 1. The van der Waals surface area contributed by atoms with Crippen molar-refractivity contribution in [1.29, 1.82) is 0 Å². The molecule has 0 aromatic carbocycles. The molecule has 0 heterocycles. The van der Waals surface area contributed by atoms with Crippen molar-refractivity contribution in [2.45, 2.75) is 200 Å². The Bertz CT molecular complexity index is 1130. The van der Waals surface area contributed by atoms with Gasteiger partial charge in [0, 0.05) is 12.8 Å². The van der Waals surface area contributed by atoms with Crippen molar-refractivity contribution in [2.75, 3.05) is 13.2 Å². The first-order chi connectivity index (χ1) is 27.3. The molecule has 56 heavy (non-hydrogen) atoms. The summed E-state index contributed by atoms with van der Waals surface area (Å²) in [5.74, 6) is -0.927. The lowest BCUT2D eigenvalue weighted by atomic mass is 10.1. The van der Waals surface area contributed by atoms with Gasteiger partial charge in [-0.25, -0.2) is 4.57 Å². The molecular formula is C47H81O8P. The molecule has 0 aliphatic rings. The minimum absolute atomic E-state index is 0.169. The van der Waals surface area contributed by atoms with Crippen molar-refractivity contribution >= 4 is 19.8 Å². The van der Waals surface area contributed by atoms with Crippen LogP contribution in [0.15, 0.2) is 72.9 Å². The lowest BCUT2D eigenvalue weighted by molar-refractivity contribution is -0.161. The molecule has 0 saturated heterocycles. The third kappa shape index (κ3) is 44.2. The van der Waals surface area contributed by atoms with Crippen LogP contribution in [0.5, 0.6) is 0 Å². The molecule has 1 atom stereocenters. The van der Waals surface area contributed by atoms with Crippen molar-refractivity contribution < 1.29 is 37.9 Å². The van der Waals surface area contributed by atoms with E-state index >= 15 is 0 Å². The van der Waals surface area contributed by atoms with Crippen LogP contribution in [0.4, 0.5) is 0 Å². The third-order valence-electron chi connectivity index (χ3n) is 9.21. The third-order valence-corrected chi connectivity index (χ3v) is 9.69. The summed E-state index contributed by atoms with van der Waals surface area (Å²) < 4.78 is 26.4. The van der Waals surface area contributed by atoms with Gasteiger partial charge in [-0.1, -0.05) is 170 Å². The van der Waals surface area contributed by atoms with Crippen LogP contribution in [0.3, 0.4) is 0 Å². The molecule has 0 saturated carbocycles. The van der Waals surface area contributed by atoms with E-state index < -0.39 is 32.5 Å². The number of phosphoric acid groups is 1. The molecule has 0 fully saturated rings. The maximum absolute atomic E-state index is 12.4. The van der Waals surface area contributed by atoms with E-state index in [0.717, 1.165) is 70.6 Å². The zero-order valence-corrected chi connectivity index (χ0v) is 36.4. The second-order valence-electron chi connectivity index (χ2n) is 14.6. The summed E-state index contributed by atoms with van der Waals surface area (Å²) >= 11 is 0. The largest absolute Gasteiger partial charge is 0.469 e. The number of unbranched alkanes of at least 4 members (excludes halogenated alkanes) is 18. The Morgan fingerprint density at radius 3 is 1.32 bits per heavy atom. The summed E-state index contributed by atoms with van der Waals surface area (Å²) in [5, 5.41) is 0. The van der Waals surface area contributed by atoms with E-state index in [0.29, 0.717) is 12.8 Å². The first kappa shape index (κ1) is 53.5. The number of hydrogen-bond donors (Lipinski definition) is 2. The molecule has 1 unspecified atom stereocenters. The van der Waals surface area contributed by atoms with Crippen molar-refractivity contribution in [3.05, 3.63) is 72.9 Å². The second kappa shape index (κ2) is 42.1. The molecule has 0 spiro atoms. The van der Waals surface area contributed by atoms with Crippen LogP contribution in [0.1, 0.15) is 194 Å². The van der Waals surface area contributed by atoms with E-state index in [1.807, 2.05) is 0 Å². The highest BCUT2D eigenvalue weighted by atomic mass is 31.2. The minimum atomic E-state index is -4.77. The van der Waals surface area contributed by atoms with Gasteiger partial charge in [-0.05, 0) is 83.5 Å². The van der Waals surface area contributed by atoms with Gasteiger partial charge in [-0.3, -0.25) is 14.1 Å². The normalized spacial score (nSPS) is 13.1. The van der Waals surface area contributed by atoms with Gasteiger partial charge >= 0.3 is 19.8 Å². The van der Waals surface area contributed by atoms with E-state index in [9.17, 15) is 14.2 Å². The Labute approximate surface area is 342 Å². The fourth-order valence-corrected chi connectivity index (χ4v) is 6.28. The molecule has 2 N–H and O–H groups in total. The van der Waals surface area contributed by atoms with Crippen LogP contribution in [0.25, 0.3) is 0 Å². The quantitative estimate of drug-likeness (QED) is 0.0272. The number of hydrogen-bond acceptors (Lipinski definition) is 6. The molecule has 9 heteroatoms. The van der Waals surface area contributed by atoms with Crippen molar-refractivity contribution in [1.82, 2.24) is 0 Å². The molecule has 0 aliphatic carbocycles.